The van der Waals surface area contributed by atoms with Crippen molar-refractivity contribution in [3.8, 4) is 5.75 Å². The summed E-state index contributed by atoms with van der Waals surface area (Å²) in [5, 5.41) is 4.53. The second-order valence-corrected chi connectivity index (χ2v) is 5.55. The first-order valence-electron chi connectivity index (χ1n) is 7.56. The van der Waals surface area contributed by atoms with Gasteiger partial charge in [0.25, 0.3) is 0 Å². The lowest BCUT2D eigenvalue weighted by molar-refractivity contribution is 0.0923. The number of furan rings is 1. The maximum atomic E-state index is 12.0. The van der Waals surface area contributed by atoms with Gasteiger partial charge < -0.3 is 9.15 Å². The lowest BCUT2D eigenvalue weighted by Crippen LogP contribution is -2.16. The summed E-state index contributed by atoms with van der Waals surface area (Å²) in [6.45, 7) is 0.241. The summed E-state index contributed by atoms with van der Waals surface area (Å²) in [7, 11) is 0. The number of ether oxygens (including phenoxy) is 1. The van der Waals surface area contributed by atoms with Gasteiger partial charge in [-0.1, -0.05) is 41.9 Å². The number of rotatable bonds is 6. The van der Waals surface area contributed by atoms with Crippen LogP contribution in [0.4, 0.5) is 0 Å². The van der Waals surface area contributed by atoms with Crippen molar-refractivity contribution in [2.24, 2.45) is 5.10 Å². The fraction of sp³-hybridized carbons (Fsp3) is 0.0526. The van der Waals surface area contributed by atoms with E-state index in [4.69, 9.17) is 20.8 Å². The van der Waals surface area contributed by atoms with Crippen molar-refractivity contribution in [1.29, 1.82) is 0 Å². The minimum absolute atomic E-state index is 0.167. The van der Waals surface area contributed by atoms with Gasteiger partial charge in [0.05, 0.1) is 6.21 Å². The first-order valence-corrected chi connectivity index (χ1v) is 7.94. The molecule has 126 valence electrons. The summed E-state index contributed by atoms with van der Waals surface area (Å²) >= 11 is 5.81. The SMILES string of the molecule is O=C(N/N=C\c1ccc(Cl)cc1)c1ccc(COc2ccccc2)o1. The molecule has 3 aromatic rings. The Morgan fingerprint density at radius 3 is 2.60 bits per heavy atom. The van der Waals surface area contributed by atoms with Gasteiger partial charge in [-0.3, -0.25) is 4.79 Å². The fourth-order valence-corrected chi connectivity index (χ4v) is 2.14. The molecular formula is C19H15ClN2O3. The molecule has 0 saturated carbocycles. The third kappa shape index (κ3) is 4.96. The maximum absolute atomic E-state index is 12.0. The monoisotopic (exact) mass is 354 g/mol. The van der Waals surface area contributed by atoms with Gasteiger partial charge in [0.15, 0.2) is 5.76 Å². The first kappa shape index (κ1) is 16.8. The lowest BCUT2D eigenvalue weighted by atomic mass is 10.2. The Morgan fingerprint density at radius 2 is 1.84 bits per heavy atom. The molecule has 1 amide bonds. The molecule has 0 saturated heterocycles. The van der Waals surface area contributed by atoms with Crippen LogP contribution in [0.1, 0.15) is 21.9 Å². The molecule has 0 aliphatic heterocycles. The van der Waals surface area contributed by atoms with Crippen LogP contribution < -0.4 is 10.2 Å². The van der Waals surface area contributed by atoms with Crippen molar-refractivity contribution in [3.05, 3.63) is 88.8 Å². The number of halogens is 1. The fourth-order valence-electron chi connectivity index (χ4n) is 2.02. The van der Waals surface area contributed by atoms with Gasteiger partial charge in [0.2, 0.25) is 0 Å². The van der Waals surface area contributed by atoms with Crippen LogP contribution >= 0.6 is 11.6 Å². The van der Waals surface area contributed by atoms with Crippen molar-refractivity contribution in [3.63, 3.8) is 0 Å². The normalized spacial score (nSPS) is 10.8. The predicted octanol–water partition coefficient (Wildman–Crippen LogP) is 4.28. The number of amides is 1. The van der Waals surface area contributed by atoms with Crippen LogP contribution in [0.3, 0.4) is 0 Å². The third-order valence-corrected chi connectivity index (χ3v) is 3.51. The highest BCUT2D eigenvalue weighted by Gasteiger charge is 2.10. The average molecular weight is 355 g/mol. The summed E-state index contributed by atoms with van der Waals surface area (Å²) < 4.78 is 11.0. The Labute approximate surface area is 149 Å². The van der Waals surface area contributed by atoms with Crippen LogP contribution in [0.25, 0.3) is 0 Å². The van der Waals surface area contributed by atoms with Gasteiger partial charge in [-0.15, -0.1) is 0 Å². The summed E-state index contributed by atoms with van der Waals surface area (Å²) in [6.07, 6.45) is 1.52. The van der Waals surface area contributed by atoms with Crippen molar-refractivity contribution in [2.75, 3.05) is 0 Å². The third-order valence-electron chi connectivity index (χ3n) is 3.26. The molecular weight excluding hydrogens is 340 g/mol. The van der Waals surface area contributed by atoms with Crippen molar-refractivity contribution in [1.82, 2.24) is 5.43 Å². The van der Waals surface area contributed by atoms with Crippen molar-refractivity contribution in [2.45, 2.75) is 6.61 Å². The zero-order valence-corrected chi connectivity index (χ0v) is 13.9. The van der Waals surface area contributed by atoms with Gasteiger partial charge in [-0.05, 0) is 42.0 Å². The molecule has 6 heteroatoms. The molecule has 2 aromatic carbocycles. The average Bonchev–Trinajstić information content (AvgIpc) is 3.12. The number of carbonyl (C=O) groups excluding carboxylic acids is 1. The molecule has 0 aliphatic carbocycles. The van der Waals surface area contributed by atoms with Crippen LogP contribution in [0.15, 0.2) is 76.2 Å². The van der Waals surface area contributed by atoms with Gasteiger partial charge in [-0.25, -0.2) is 5.43 Å². The largest absolute Gasteiger partial charge is 0.486 e. The van der Waals surface area contributed by atoms with E-state index >= 15 is 0 Å². The summed E-state index contributed by atoms with van der Waals surface area (Å²) in [5.74, 6) is 1.02. The van der Waals surface area contributed by atoms with E-state index in [0.29, 0.717) is 10.8 Å². The molecule has 0 radical (unpaired) electrons. The maximum Gasteiger partial charge on any atom is 0.307 e. The van der Waals surface area contributed by atoms with Crippen LogP contribution in [-0.2, 0) is 6.61 Å². The number of carbonyl (C=O) groups is 1. The Balaban J connectivity index is 1.52. The number of nitrogens with zero attached hydrogens (tertiary/aromatic N) is 1. The zero-order chi connectivity index (χ0) is 17.5. The van der Waals surface area contributed by atoms with Crippen LogP contribution in [0.5, 0.6) is 5.75 Å². The molecule has 0 unspecified atom stereocenters. The van der Waals surface area contributed by atoms with E-state index in [-0.39, 0.29) is 12.4 Å². The van der Waals surface area contributed by atoms with Gasteiger partial charge in [0, 0.05) is 5.02 Å². The van der Waals surface area contributed by atoms with Crippen LogP contribution in [0, 0.1) is 0 Å². The molecule has 0 aliphatic rings. The molecule has 5 nitrogen and oxygen atoms in total. The van der Waals surface area contributed by atoms with Gasteiger partial charge >= 0.3 is 5.91 Å². The molecule has 0 fully saturated rings. The van der Waals surface area contributed by atoms with Crippen molar-refractivity contribution < 1.29 is 13.9 Å². The number of benzene rings is 2. The van der Waals surface area contributed by atoms with Gasteiger partial charge in [-0.2, -0.15) is 5.10 Å². The summed E-state index contributed by atoms with van der Waals surface area (Å²) in [4.78, 5) is 12.0. The van der Waals surface area contributed by atoms with Crippen LogP contribution in [-0.4, -0.2) is 12.1 Å². The predicted molar refractivity (Wildman–Crippen MR) is 96.0 cm³/mol. The second-order valence-electron chi connectivity index (χ2n) is 5.12. The molecule has 0 spiro atoms. The first-order chi connectivity index (χ1) is 12.2. The Bertz CT molecular complexity index is 858. The van der Waals surface area contributed by atoms with E-state index in [9.17, 15) is 4.79 Å². The van der Waals surface area contributed by atoms with Crippen molar-refractivity contribution >= 4 is 23.7 Å². The Morgan fingerprint density at radius 1 is 1.08 bits per heavy atom. The minimum atomic E-state index is -0.434. The molecule has 1 heterocycles. The lowest BCUT2D eigenvalue weighted by Gasteiger charge is -2.03. The van der Waals surface area contributed by atoms with Crippen LogP contribution in [0.2, 0.25) is 5.02 Å². The van der Waals surface area contributed by atoms with E-state index in [1.807, 2.05) is 30.3 Å². The van der Waals surface area contributed by atoms with Gasteiger partial charge in [0.1, 0.15) is 18.1 Å². The molecule has 3 rings (SSSR count). The quantitative estimate of drug-likeness (QED) is 0.531. The van der Waals surface area contributed by atoms with E-state index in [1.165, 1.54) is 6.21 Å². The highest BCUT2D eigenvalue weighted by molar-refractivity contribution is 6.30. The highest BCUT2D eigenvalue weighted by Crippen LogP contribution is 2.14. The molecule has 1 N–H and O–H groups in total. The smallest absolute Gasteiger partial charge is 0.307 e. The van der Waals surface area contributed by atoms with E-state index in [2.05, 4.69) is 10.5 Å². The highest BCUT2D eigenvalue weighted by atomic mass is 35.5. The van der Waals surface area contributed by atoms with E-state index in [1.54, 1.807) is 36.4 Å². The van der Waals surface area contributed by atoms with E-state index in [0.717, 1.165) is 11.3 Å². The zero-order valence-electron chi connectivity index (χ0n) is 13.2. The second kappa shape index (κ2) is 8.17. The number of para-hydroxylation sites is 1. The Kier molecular flexibility index (Phi) is 5.49. The number of hydrazone groups is 1. The minimum Gasteiger partial charge on any atom is -0.486 e. The topological polar surface area (TPSA) is 63.8 Å². The molecule has 0 atom stereocenters. The molecule has 1 aromatic heterocycles. The summed E-state index contributed by atoms with van der Waals surface area (Å²) in [6, 6.07) is 19.7. The molecule has 25 heavy (non-hydrogen) atoms. The standard InChI is InChI=1S/C19H15ClN2O3/c20-15-8-6-14(7-9-15)12-21-22-19(23)18-11-10-17(25-18)13-24-16-4-2-1-3-5-16/h1-12H,13H2,(H,22,23)/b21-12-. The number of hydrogen-bond acceptors (Lipinski definition) is 4. The summed E-state index contributed by atoms with van der Waals surface area (Å²) in [5.41, 5.74) is 3.23. The number of nitrogens with one attached hydrogen (secondary N) is 1. The van der Waals surface area contributed by atoms with E-state index < -0.39 is 5.91 Å². The number of hydrogen-bond donors (Lipinski definition) is 1. The Hall–Kier alpha value is -3.05. The molecule has 0 bridgehead atoms.